The van der Waals surface area contributed by atoms with E-state index in [0.29, 0.717) is 29.6 Å². The predicted molar refractivity (Wildman–Crippen MR) is 92.4 cm³/mol. The molecule has 1 aliphatic heterocycles. The molecule has 1 aliphatic rings. The lowest BCUT2D eigenvalue weighted by Crippen LogP contribution is -2.37. The van der Waals surface area contributed by atoms with Gasteiger partial charge in [0.25, 0.3) is 5.91 Å². The molecule has 0 spiro atoms. The Bertz CT molecular complexity index is 715. The summed E-state index contributed by atoms with van der Waals surface area (Å²) in [4.78, 5) is 23.3. The van der Waals surface area contributed by atoms with Crippen molar-refractivity contribution in [1.82, 2.24) is 15.3 Å². The average molecular weight is 347 g/mol. The Morgan fingerprint density at radius 2 is 1.96 bits per heavy atom. The smallest absolute Gasteiger partial charge is 0.251 e. The van der Waals surface area contributed by atoms with Crippen LogP contribution < -0.4 is 10.2 Å². The third-order valence-corrected chi connectivity index (χ3v) is 3.99. The van der Waals surface area contributed by atoms with Crippen molar-refractivity contribution in [3.8, 4) is 0 Å². The third kappa shape index (κ3) is 4.21. The number of anilines is 1. The van der Waals surface area contributed by atoms with Gasteiger partial charge in [0.2, 0.25) is 0 Å². The van der Waals surface area contributed by atoms with Crippen LogP contribution in [0.4, 0.5) is 5.82 Å². The number of hydrogen-bond acceptors (Lipinski definition) is 5. The van der Waals surface area contributed by atoms with Crippen LogP contribution in [0.5, 0.6) is 0 Å². The van der Waals surface area contributed by atoms with E-state index in [1.165, 1.54) is 0 Å². The van der Waals surface area contributed by atoms with Gasteiger partial charge in [0, 0.05) is 35.4 Å². The number of hydrogen-bond donors (Lipinski definition) is 1. The van der Waals surface area contributed by atoms with E-state index in [9.17, 15) is 4.79 Å². The number of ether oxygens (including phenoxy) is 1. The molecule has 7 heteroatoms. The molecule has 2 aromatic rings. The third-order valence-electron chi connectivity index (χ3n) is 3.74. The number of morpholine rings is 1. The minimum atomic E-state index is -0.176. The molecule has 126 valence electrons. The second kappa shape index (κ2) is 7.59. The molecule has 0 aliphatic carbocycles. The van der Waals surface area contributed by atoms with Crippen molar-refractivity contribution >= 4 is 23.3 Å². The Kier molecular flexibility index (Phi) is 5.27. The number of nitrogens with zero attached hydrogens (tertiary/aromatic N) is 3. The fourth-order valence-electron chi connectivity index (χ4n) is 2.51. The van der Waals surface area contributed by atoms with Gasteiger partial charge >= 0.3 is 0 Å². The van der Waals surface area contributed by atoms with Gasteiger partial charge in [-0.05, 0) is 31.2 Å². The average Bonchev–Trinajstić information content (AvgIpc) is 2.60. The largest absolute Gasteiger partial charge is 0.378 e. The van der Waals surface area contributed by atoms with Gasteiger partial charge in [-0.1, -0.05) is 11.6 Å². The standard InChI is InChI=1S/C17H19ClN4O2/c1-12-10-16(22-6-8-24-9-7-22)21-15(20-12)11-19-17(23)13-2-4-14(18)5-3-13/h2-5,10H,6-9,11H2,1H3,(H,19,23). The Morgan fingerprint density at radius 1 is 1.25 bits per heavy atom. The first-order chi connectivity index (χ1) is 11.6. The molecule has 1 aromatic carbocycles. The van der Waals surface area contributed by atoms with Crippen LogP contribution in [0.3, 0.4) is 0 Å². The van der Waals surface area contributed by atoms with Gasteiger partial charge in [-0.3, -0.25) is 4.79 Å². The van der Waals surface area contributed by atoms with Crippen LogP contribution >= 0.6 is 11.6 Å². The van der Waals surface area contributed by atoms with E-state index < -0.39 is 0 Å². The summed E-state index contributed by atoms with van der Waals surface area (Å²) in [6.45, 7) is 5.23. The maximum absolute atomic E-state index is 12.2. The summed E-state index contributed by atoms with van der Waals surface area (Å²) in [5.41, 5.74) is 1.43. The molecule has 1 amide bonds. The Hall–Kier alpha value is -2.18. The molecular weight excluding hydrogens is 328 g/mol. The Balaban J connectivity index is 1.67. The SMILES string of the molecule is Cc1cc(N2CCOCC2)nc(CNC(=O)c2ccc(Cl)cc2)n1. The molecule has 1 aromatic heterocycles. The zero-order valence-electron chi connectivity index (χ0n) is 13.5. The second-order valence-corrected chi connectivity index (χ2v) is 6.01. The number of carbonyl (C=O) groups excluding carboxylic acids is 1. The van der Waals surface area contributed by atoms with Crippen molar-refractivity contribution < 1.29 is 9.53 Å². The number of carbonyl (C=O) groups is 1. The highest BCUT2D eigenvalue weighted by Gasteiger charge is 2.14. The molecule has 0 radical (unpaired) electrons. The highest BCUT2D eigenvalue weighted by Crippen LogP contribution is 2.14. The number of benzene rings is 1. The van der Waals surface area contributed by atoms with E-state index in [1.807, 2.05) is 13.0 Å². The number of aryl methyl sites for hydroxylation is 1. The second-order valence-electron chi connectivity index (χ2n) is 5.57. The van der Waals surface area contributed by atoms with Crippen LogP contribution in [-0.2, 0) is 11.3 Å². The van der Waals surface area contributed by atoms with Gasteiger partial charge in [-0.25, -0.2) is 9.97 Å². The van der Waals surface area contributed by atoms with E-state index in [2.05, 4.69) is 20.2 Å². The highest BCUT2D eigenvalue weighted by atomic mass is 35.5. The first-order valence-electron chi connectivity index (χ1n) is 7.83. The molecule has 1 saturated heterocycles. The maximum atomic E-state index is 12.2. The van der Waals surface area contributed by atoms with E-state index in [-0.39, 0.29) is 12.5 Å². The first-order valence-corrected chi connectivity index (χ1v) is 8.20. The van der Waals surface area contributed by atoms with Crippen molar-refractivity contribution in [1.29, 1.82) is 0 Å². The first kappa shape index (κ1) is 16.7. The van der Waals surface area contributed by atoms with Gasteiger partial charge < -0.3 is 15.0 Å². The number of amides is 1. The predicted octanol–water partition coefficient (Wildman–Crippen LogP) is 2.21. The Morgan fingerprint density at radius 3 is 2.67 bits per heavy atom. The maximum Gasteiger partial charge on any atom is 0.251 e. The van der Waals surface area contributed by atoms with Crippen LogP contribution in [0.2, 0.25) is 5.02 Å². The lowest BCUT2D eigenvalue weighted by atomic mass is 10.2. The number of aromatic nitrogens is 2. The summed E-state index contributed by atoms with van der Waals surface area (Å²) in [5.74, 6) is 1.30. The van der Waals surface area contributed by atoms with Crippen molar-refractivity contribution in [2.45, 2.75) is 13.5 Å². The summed E-state index contributed by atoms with van der Waals surface area (Å²) in [7, 11) is 0. The molecule has 0 bridgehead atoms. The van der Waals surface area contributed by atoms with Crippen LogP contribution in [0, 0.1) is 6.92 Å². The quantitative estimate of drug-likeness (QED) is 0.919. The van der Waals surface area contributed by atoms with Crippen LogP contribution in [-0.4, -0.2) is 42.2 Å². The molecule has 0 saturated carbocycles. The van der Waals surface area contributed by atoms with E-state index >= 15 is 0 Å². The van der Waals surface area contributed by atoms with Crippen LogP contribution in [0.1, 0.15) is 21.9 Å². The molecule has 6 nitrogen and oxygen atoms in total. The summed E-state index contributed by atoms with van der Waals surface area (Å²) in [6.07, 6.45) is 0. The molecule has 24 heavy (non-hydrogen) atoms. The van der Waals surface area contributed by atoms with Crippen LogP contribution in [0.15, 0.2) is 30.3 Å². The molecule has 1 fully saturated rings. The van der Waals surface area contributed by atoms with Crippen molar-refractivity contribution in [2.75, 3.05) is 31.2 Å². The van der Waals surface area contributed by atoms with Gasteiger partial charge in [0.05, 0.1) is 19.8 Å². The zero-order chi connectivity index (χ0) is 16.9. The van der Waals surface area contributed by atoms with E-state index in [0.717, 1.165) is 24.6 Å². The Labute approximate surface area is 145 Å². The van der Waals surface area contributed by atoms with E-state index in [4.69, 9.17) is 16.3 Å². The van der Waals surface area contributed by atoms with Crippen molar-refractivity contribution in [3.63, 3.8) is 0 Å². The fraction of sp³-hybridized carbons (Fsp3) is 0.353. The molecule has 0 unspecified atom stereocenters. The van der Waals surface area contributed by atoms with Gasteiger partial charge in [-0.15, -0.1) is 0 Å². The van der Waals surface area contributed by atoms with Gasteiger partial charge in [0.1, 0.15) is 11.6 Å². The lowest BCUT2D eigenvalue weighted by molar-refractivity contribution is 0.0950. The zero-order valence-corrected chi connectivity index (χ0v) is 14.2. The normalized spacial score (nSPS) is 14.5. The van der Waals surface area contributed by atoms with Crippen molar-refractivity contribution in [2.24, 2.45) is 0 Å². The van der Waals surface area contributed by atoms with Gasteiger partial charge in [0.15, 0.2) is 0 Å². The number of rotatable bonds is 4. The summed E-state index contributed by atoms with van der Waals surface area (Å²) >= 11 is 5.83. The topological polar surface area (TPSA) is 67.3 Å². The number of nitrogens with one attached hydrogen (secondary N) is 1. The molecule has 3 rings (SSSR count). The highest BCUT2D eigenvalue weighted by molar-refractivity contribution is 6.30. The molecule has 2 heterocycles. The molecule has 1 N–H and O–H groups in total. The summed E-state index contributed by atoms with van der Waals surface area (Å²) < 4.78 is 5.37. The summed E-state index contributed by atoms with van der Waals surface area (Å²) in [5, 5.41) is 3.44. The monoisotopic (exact) mass is 346 g/mol. The van der Waals surface area contributed by atoms with Gasteiger partial charge in [-0.2, -0.15) is 0 Å². The minimum absolute atomic E-state index is 0.176. The lowest BCUT2D eigenvalue weighted by Gasteiger charge is -2.28. The van der Waals surface area contributed by atoms with Crippen molar-refractivity contribution in [3.05, 3.63) is 52.4 Å². The molecular formula is C17H19ClN4O2. The minimum Gasteiger partial charge on any atom is -0.378 e. The fourth-order valence-corrected chi connectivity index (χ4v) is 2.63. The molecule has 0 atom stereocenters. The van der Waals surface area contributed by atoms with E-state index in [1.54, 1.807) is 24.3 Å². The number of halogens is 1. The van der Waals surface area contributed by atoms with Crippen LogP contribution in [0.25, 0.3) is 0 Å². The summed E-state index contributed by atoms with van der Waals surface area (Å²) in [6, 6.07) is 8.71.